The van der Waals surface area contributed by atoms with Crippen LogP contribution in [0.25, 0.3) is 0 Å². The van der Waals surface area contributed by atoms with E-state index in [2.05, 4.69) is 20.4 Å². The van der Waals surface area contributed by atoms with E-state index in [4.69, 9.17) is 4.74 Å². The average molecular weight is 332 g/mol. The lowest BCUT2D eigenvalue weighted by Gasteiger charge is -2.37. The fourth-order valence-electron chi connectivity index (χ4n) is 3.55. The highest BCUT2D eigenvalue weighted by Crippen LogP contribution is 2.25. The third-order valence-corrected chi connectivity index (χ3v) is 4.95. The van der Waals surface area contributed by atoms with Gasteiger partial charge < -0.3 is 15.4 Å². The Morgan fingerprint density at radius 1 is 1.33 bits per heavy atom. The van der Waals surface area contributed by atoms with Crippen LogP contribution in [-0.2, 0) is 4.79 Å². The lowest BCUT2D eigenvalue weighted by Crippen LogP contribution is -2.52. The van der Waals surface area contributed by atoms with Crippen molar-refractivity contribution in [2.24, 2.45) is 0 Å². The summed E-state index contributed by atoms with van der Waals surface area (Å²) in [5.74, 6) is 0.724. The van der Waals surface area contributed by atoms with Gasteiger partial charge >= 0.3 is 0 Å². The number of carbonyl (C=O) groups is 1. The molecule has 2 heterocycles. The highest BCUT2D eigenvalue weighted by atomic mass is 16.5. The highest BCUT2D eigenvalue weighted by Gasteiger charge is 2.26. The summed E-state index contributed by atoms with van der Waals surface area (Å²) < 4.78 is 5.32. The Kier molecular flexibility index (Phi) is 5.71. The molecule has 1 unspecified atom stereocenters. The summed E-state index contributed by atoms with van der Waals surface area (Å²) in [5, 5.41) is 6.41. The van der Waals surface area contributed by atoms with Gasteiger partial charge in [-0.3, -0.25) is 14.6 Å². The molecular formula is C18H28N4O2. The number of benzene rings is 1. The van der Waals surface area contributed by atoms with Crippen molar-refractivity contribution in [1.82, 2.24) is 15.1 Å². The number of nitrogens with zero attached hydrogens (tertiary/aromatic N) is 2. The minimum Gasteiger partial charge on any atom is -0.495 e. The largest absolute Gasteiger partial charge is 0.495 e. The van der Waals surface area contributed by atoms with E-state index in [9.17, 15) is 4.79 Å². The van der Waals surface area contributed by atoms with Crippen LogP contribution in [0.4, 0.5) is 5.69 Å². The predicted molar refractivity (Wildman–Crippen MR) is 95.6 cm³/mol. The van der Waals surface area contributed by atoms with Crippen molar-refractivity contribution in [2.75, 3.05) is 58.2 Å². The summed E-state index contributed by atoms with van der Waals surface area (Å²) >= 11 is 0. The van der Waals surface area contributed by atoms with Crippen LogP contribution in [-0.4, -0.2) is 74.7 Å². The molecule has 0 aromatic heterocycles. The van der Waals surface area contributed by atoms with Gasteiger partial charge in [0, 0.05) is 38.8 Å². The SMILES string of the molecule is COc1ccc(C)cc1NC(=O)CN1CCN(C2CCNC2)CC1. The lowest BCUT2D eigenvalue weighted by atomic mass is 10.2. The van der Waals surface area contributed by atoms with E-state index < -0.39 is 0 Å². The second-order valence-electron chi connectivity index (χ2n) is 6.71. The van der Waals surface area contributed by atoms with Crippen LogP contribution in [0.5, 0.6) is 5.75 Å². The normalized spacial score (nSPS) is 22.5. The fraction of sp³-hybridized carbons (Fsp3) is 0.611. The first kappa shape index (κ1) is 17.2. The van der Waals surface area contributed by atoms with Crippen molar-refractivity contribution in [3.05, 3.63) is 23.8 Å². The molecule has 24 heavy (non-hydrogen) atoms. The van der Waals surface area contributed by atoms with Crippen LogP contribution in [0.1, 0.15) is 12.0 Å². The van der Waals surface area contributed by atoms with Crippen LogP contribution in [0.2, 0.25) is 0 Å². The van der Waals surface area contributed by atoms with E-state index in [1.54, 1.807) is 7.11 Å². The van der Waals surface area contributed by atoms with Gasteiger partial charge in [-0.1, -0.05) is 6.07 Å². The number of methoxy groups -OCH3 is 1. The van der Waals surface area contributed by atoms with Crippen molar-refractivity contribution < 1.29 is 9.53 Å². The zero-order valence-corrected chi connectivity index (χ0v) is 14.7. The third-order valence-electron chi connectivity index (χ3n) is 4.95. The Morgan fingerprint density at radius 3 is 2.79 bits per heavy atom. The van der Waals surface area contributed by atoms with Gasteiger partial charge in [-0.2, -0.15) is 0 Å². The van der Waals surface area contributed by atoms with Gasteiger partial charge in [0.1, 0.15) is 5.75 Å². The fourth-order valence-corrected chi connectivity index (χ4v) is 3.55. The Labute approximate surface area is 144 Å². The lowest BCUT2D eigenvalue weighted by molar-refractivity contribution is -0.117. The van der Waals surface area contributed by atoms with Crippen LogP contribution < -0.4 is 15.4 Å². The van der Waals surface area contributed by atoms with Crippen LogP contribution in [0.15, 0.2) is 18.2 Å². The van der Waals surface area contributed by atoms with E-state index in [-0.39, 0.29) is 5.91 Å². The van der Waals surface area contributed by atoms with E-state index >= 15 is 0 Å². The van der Waals surface area contributed by atoms with Gasteiger partial charge in [0.05, 0.1) is 19.3 Å². The maximum Gasteiger partial charge on any atom is 0.238 e. The molecule has 0 spiro atoms. The number of piperazine rings is 1. The Balaban J connectivity index is 1.48. The summed E-state index contributed by atoms with van der Waals surface area (Å²) in [5.41, 5.74) is 1.85. The molecule has 2 saturated heterocycles. The first-order valence-corrected chi connectivity index (χ1v) is 8.77. The number of nitrogens with one attached hydrogen (secondary N) is 2. The molecule has 1 amide bonds. The second kappa shape index (κ2) is 7.96. The maximum absolute atomic E-state index is 12.4. The molecule has 0 aliphatic carbocycles. The third kappa shape index (κ3) is 4.26. The number of carbonyl (C=O) groups excluding carboxylic acids is 1. The summed E-state index contributed by atoms with van der Waals surface area (Å²) in [6.07, 6.45) is 1.24. The van der Waals surface area contributed by atoms with Gasteiger partial charge in [-0.15, -0.1) is 0 Å². The van der Waals surface area contributed by atoms with Crippen molar-refractivity contribution in [1.29, 1.82) is 0 Å². The minimum absolute atomic E-state index is 0.0230. The van der Waals surface area contributed by atoms with E-state index in [0.717, 1.165) is 50.5 Å². The first-order chi connectivity index (χ1) is 11.7. The van der Waals surface area contributed by atoms with Crippen molar-refractivity contribution in [3.63, 3.8) is 0 Å². The van der Waals surface area contributed by atoms with Crippen LogP contribution in [0, 0.1) is 6.92 Å². The van der Waals surface area contributed by atoms with Crippen LogP contribution in [0.3, 0.4) is 0 Å². The number of aryl methyl sites for hydroxylation is 1. The quantitative estimate of drug-likeness (QED) is 0.840. The van der Waals surface area contributed by atoms with Gasteiger partial charge in [0.25, 0.3) is 0 Å². The van der Waals surface area contributed by atoms with Crippen LogP contribution >= 0.6 is 0 Å². The van der Waals surface area contributed by atoms with Crippen molar-refractivity contribution >= 4 is 11.6 Å². The number of hydrogen-bond acceptors (Lipinski definition) is 5. The molecule has 0 radical (unpaired) electrons. The standard InChI is InChI=1S/C18H28N4O2/c1-14-3-4-17(24-2)16(11-14)20-18(23)13-21-7-9-22(10-8-21)15-5-6-19-12-15/h3-4,11,15,19H,5-10,12-13H2,1-2H3,(H,20,23). The Morgan fingerprint density at radius 2 is 2.12 bits per heavy atom. The maximum atomic E-state index is 12.4. The molecule has 1 aromatic rings. The molecule has 1 aromatic carbocycles. The van der Waals surface area contributed by atoms with Crippen molar-refractivity contribution in [2.45, 2.75) is 19.4 Å². The number of anilines is 1. The molecule has 0 bridgehead atoms. The molecule has 2 N–H and O–H groups in total. The highest BCUT2D eigenvalue weighted by molar-refractivity contribution is 5.93. The first-order valence-electron chi connectivity index (χ1n) is 8.77. The summed E-state index contributed by atoms with van der Waals surface area (Å²) in [6.45, 7) is 8.68. The minimum atomic E-state index is 0.0230. The van der Waals surface area contributed by atoms with Gasteiger partial charge in [0.15, 0.2) is 0 Å². The van der Waals surface area contributed by atoms with Gasteiger partial charge in [0.2, 0.25) is 5.91 Å². The number of rotatable bonds is 5. The molecular weight excluding hydrogens is 304 g/mol. The average Bonchev–Trinajstić information content (AvgIpc) is 3.10. The van der Waals surface area contributed by atoms with E-state index in [1.807, 2.05) is 25.1 Å². The molecule has 2 fully saturated rings. The molecule has 6 nitrogen and oxygen atoms in total. The van der Waals surface area contributed by atoms with E-state index in [1.165, 1.54) is 6.42 Å². The van der Waals surface area contributed by atoms with E-state index in [0.29, 0.717) is 18.3 Å². The molecule has 0 saturated carbocycles. The van der Waals surface area contributed by atoms with Crippen molar-refractivity contribution in [3.8, 4) is 5.75 Å². The molecule has 2 aliphatic rings. The number of amides is 1. The monoisotopic (exact) mass is 332 g/mol. The predicted octanol–water partition coefficient (Wildman–Crippen LogP) is 0.922. The zero-order chi connectivity index (χ0) is 16.9. The Hall–Kier alpha value is -1.63. The summed E-state index contributed by atoms with van der Waals surface area (Å²) in [6, 6.07) is 6.49. The summed E-state index contributed by atoms with van der Waals surface area (Å²) in [4.78, 5) is 17.2. The molecule has 6 heteroatoms. The topological polar surface area (TPSA) is 56.8 Å². The molecule has 2 aliphatic heterocycles. The van der Waals surface area contributed by atoms with Gasteiger partial charge in [-0.25, -0.2) is 0 Å². The smallest absolute Gasteiger partial charge is 0.238 e. The van der Waals surface area contributed by atoms with Gasteiger partial charge in [-0.05, 0) is 37.6 Å². The molecule has 1 atom stereocenters. The number of hydrogen-bond donors (Lipinski definition) is 2. The summed E-state index contributed by atoms with van der Waals surface area (Å²) in [7, 11) is 1.62. The molecule has 3 rings (SSSR count). The molecule has 132 valence electrons. The number of ether oxygens (including phenoxy) is 1. The Bertz CT molecular complexity index is 564. The zero-order valence-electron chi connectivity index (χ0n) is 14.7. The second-order valence-corrected chi connectivity index (χ2v) is 6.71.